The van der Waals surface area contributed by atoms with Gasteiger partial charge in [-0.3, -0.25) is 14.4 Å². The predicted molar refractivity (Wildman–Crippen MR) is 140 cm³/mol. The van der Waals surface area contributed by atoms with Gasteiger partial charge in [0.1, 0.15) is 5.00 Å². The molecule has 1 aromatic heterocycles. The van der Waals surface area contributed by atoms with Crippen LogP contribution >= 0.6 is 11.3 Å². The lowest BCUT2D eigenvalue weighted by Gasteiger charge is -2.29. The molecular weight excluding hydrogens is 532 g/mol. The number of hydrogen-bond donors (Lipinski definition) is 1. The van der Waals surface area contributed by atoms with E-state index >= 15 is 0 Å². The first-order valence-electron chi connectivity index (χ1n) is 12.5. The van der Waals surface area contributed by atoms with Gasteiger partial charge in [-0.25, -0.2) is 8.42 Å². The molecule has 11 nitrogen and oxygen atoms in total. The van der Waals surface area contributed by atoms with Gasteiger partial charge in [-0.05, 0) is 36.2 Å². The van der Waals surface area contributed by atoms with Gasteiger partial charge in [0, 0.05) is 50.1 Å². The van der Waals surface area contributed by atoms with Gasteiger partial charge < -0.3 is 24.6 Å². The highest BCUT2D eigenvalue weighted by Crippen LogP contribution is 2.38. The van der Waals surface area contributed by atoms with Crippen LogP contribution in [0.5, 0.6) is 0 Å². The molecule has 0 bridgehead atoms. The van der Waals surface area contributed by atoms with Crippen LogP contribution in [0.2, 0.25) is 0 Å². The van der Waals surface area contributed by atoms with Crippen LogP contribution in [-0.4, -0.2) is 99.4 Å². The van der Waals surface area contributed by atoms with Gasteiger partial charge in [0.15, 0.2) is 0 Å². The number of amides is 3. The first-order valence-corrected chi connectivity index (χ1v) is 14.8. The summed E-state index contributed by atoms with van der Waals surface area (Å²) in [4.78, 5) is 43.2. The maximum absolute atomic E-state index is 13.6. The van der Waals surface area contributed by atoms with Gasteiger partial charge in [-0.2, -0.15) is 4.31 Å². The number of rotatable bonds is 5. The minimum absolute atomic E-state index is 0.0391. The minimum Gasteiger partial charge on any atom is -0.379 e. The van der Waals surface area contributed by atoms with E-state index in [9.17, 15) is 22.8 Å². The van der Waals surface area contributed by atoms with Crippen LogP contribution in [0.15, 0.2) is 29.2 Å². The number of fused-ring (bicyclic) bond motifs is 1. The van der Waals surface area contributed by atoms with Crippen molar-refractivity contribution in [3.63, 3.8) is 0 Å². The number of morpholine rings is 2. The highest BCUT2D eigenvalue weighted by molar-refractivity contribution is 7.89. The molecule has 0 radical (unpaired) electrons. The number of ether oxygens (including phenoxy) is 2. The molecule has 3 amide bonds. The Bertz CT molecular complexity index is 1330. The fourth-order valence-electron chi connectivity index (χ4n) is 4.80. The van der Waals surface area contributed by atoms with E-state index in [2.05, 4.69) is 5.32 Å². The summed E-state index contributed by atoms with van der Waals surface area (Å²) >= 11 is 1.31. The van der Waals surface area contributed by atoms with Crippen molar-refractivity contribution < 1.29 is 32.3 Å². The Morgan fingerprint density at radius 2 is 1.53 bits per heavy atom. The summed E-state index contributed by atoms with van der Waals surface area (Å²) in [6.07, 6.45) is 0.529. The van der Waals surface area contributed by atoms with Crippen LogP contribution < -0.4 is 5.32 Å². The zero-order valence-electron chi connectivity index (χ0n) is 21.1. The molecule has 4 heterocycles. The van der Waals surface area contributed by atoms with Crippen molar-refractivity contribution >= 4 is 44.1 Å². The van der Waals surface area contributed by atoms with Gasteiger partial charge >= 0.3 is 0 Å². The highest BCUT2D eigenvalue weighted by Gasteiger charge is 2.32. The van der Waals surface area contributed by atoms with Gasteiger partial charge in [0.05, 0.1) is 43.4 Å². The summed E-state index contributed by atoms with van der Waals surface area (Å²) in [7, 11) is -3.68. The summed E-state index contributed by atoms with van der Waals surface area (Å²) in [6.45, 7) is 5.53. The molecule has 0 spiro atoms. The smallest absolute Gasteiger partial charge is 0.257 e. The Labute approximate surface area is 225 Å². The molecular formula is C25H30N4O7S2. The molecule has 0 atom stereocenters. The van der Waals surface area contributed by atoms with E-state index in [-0.39, 0.29) is 35.4 Å². The molecule has 0 aliphatic carbocycles. The summed E-state index contributed by atoms with van der Waals surface area (Å²) in [6, 6.07) is 5.78. The van der Waals surface area contributed by atoms with E-state index in [1.807, 2.05) is 0 Å². The summed E-state index contributed by atoms with van der Waals surface area (Å²) in [5.74, 6) is -0.648. The lowest BCUT2D eigenvalue weighted by atomic mass is 10.0. The lowest BCUT2D eigenvalue weighted by molar-refractivity contribution is -0.129. The quantitative estimate of drug-likeness (QED) is 0.584. The standard InChI is InChI=1S/C25H30N4O7S2/c1-17(30)28-7-6-20-21(16-28)37-24(22(20)25(32)27-8-12-35-13-9-27)26-23(31)18-2-4-19(5-3-18)38(33,34)29-10-14-36-15-11-29/h2-5H,6-16H2,1H3,(H,26,31). The number of hydrogen-bond acceptors (Lipinski definition) is 8. The van der Waals surface area contributed by atoms with E-state index in [1.165, 1.54) is 46.8 Å². The number of carbonyl (C=O) groups is 3. The first kappa shape index (κ1) is 26.8. The molecule has 5 rings (SSSR count). The number of anilines is 1. The van der Waals surface area contributed by atoms with E-state index in [0.717, 1.165) is 10.4 Å². The average molecular weight is 563 g/mol. The predicted octanol–water partition coefficient (Wildman–Crippen LogP) is 1.40. The minimum atomic E-state index is -3.68. The topological polar surface area (TPSA) is 126 Å². The third-order valence-electron chi connectivity index (χ3n) is 6.97. The van der Waals surface area contributed by atoms with Gasteiger partial charge in [0.25, 0.3) is 11.8 Å². The summed E-state index contributed by atoms with van der Waals surface area (Å²) < 4.78 is 37.8. The van der Waals surface area contributed by atoms with Crippen molar-refractivity contribution in [2.45, 2.75) is 24.8 Å². The third-order valence-corrected chi connectivity index (χ3v) is 10.0. The second-order valence-electron chi connectivity index (χ2n) is 9.30. The zero-order chi connectivity index (χ0) is 26.9. The maximum atomic E-state index is 13.6. The molecule has 0 unspecified atom stereocenters. The molecule has 3 aliphatic rings. The van der Waals surface area contributed by atoms with Crippen LogP contribution in [0.3, 0.4) is 0 Å². The molecule has 204 valence electrons. The fraction of sp³-hybridized carbons (Fsp3) is 0.480. The number of nitrogens with one attached hydrogen (secondary N) is 1. The normalized spacial score (nSPS) is 18.7. The van der Waals surface area contributed by atoms with E-state index in [4.69, 9.17) is 9.47 Å². The molecule has 2 saturated heterocycles. The fourth-order valence-corrected chi connectivity index (χ4v) is 7.46. The highest BCUT2D eigenvalue weighted by atomic mass is 32.2. The average Bonchev–Trinajstić information content (AvgIpc) is 3.30. The molecule has 0 saturated carbocycles. The monoisotopic (exact) mass is 562 g/mol. The van der Waals surface area contributed by atoms with Gasteiger partial charge in [-0.1, -0.05) is 0 Å². The SMILES string of the molecule is CC(=O)N1CCc2c(sc(NC(=O)c3ccc(S(=O)(=O)N4CCOCC4)cc3)c2C(=O)N2CCOCC2)C1. The van der Waals surface area contributed by atoms with Crippen molar-refractivity contribution in [2.75, 3.05) is 64.5 Å². The Hall–Kier alpha value is -2.84. The Morgan fingerprint density at radius 1 is 0.895 bits per heavy atom. The maximum Gasteiger partial charge on any atom is 0.257 e. The second-order valence-corrected chi connectivity index (χ2v) is 12.3. The Morgan fingerprint density at radius 3 is 2.16 bits per heavy atom. The van der Waals surface area contributed by atoms with Crippen molar-refractivity contribution in [1.29, 1.82) is 0 Å². The second kappa shape index (κ2) is 11.1. The van der Waals surface area contributed by atoms with Crippen LogP contribution in [0.1, 0.15) is 38.1 Å². The van der Waals surface area contributed by atoms with Crippen LogP contribution in [0, 0.1) is 0 Å². The number of nitrogens with zero attached hydrogens (tertiary/aromatic N) is 3. The third kappa shape index (κ3) is 5.34. The number of carbonyl (C=O) groups excluding carboxylic acids is 3. The summed E-state index contributed by atoms with van der Waals surface area (Å²) in [5.41, 5.74) is 1.61. The van der Waals surface area contributed by atoms with Crippen molar-refractivity contribution in [3.05, 3.63) is 45.8 Å². The van der Waals surface area contributed by atoms with Crippen LogP contribution in [0.25, 0.3) is 0 Å². The van der Waals surface area contributed by atoms with Crippen molar-refractivity contribution in [3.8, 4) is 0 Å². The van der Waals surface area contributed by atoms with E-state index in [1.54, 1.807) is 9.80 Å². The first-order chi connectivity index (χ1) is 18.3. The molecule has 1 N–H and O–H groups in total. The Balaban J connectivity index is 1.39. The van der Waals surface area contributed by atoms with Gasteiger partial charge in [0.2, 0.25) is 15.9 Å². The zero-order valence-corrected chi connectivity index (χ0v) is 22.7. The molecule has 1 aromatic carbocycles. The number of benzene rings is 1. The summed E-state index contributed by atoms with van der Waals surface area (Å²) in [5, 5.41) is 3.33. The van der Waals surface area contributed by atoms with E-state index in [0.29, 0.717) is 69.6 Å². The molecule has 2 aromatic rings. The number of sulfonamides is 1. The Kier molecular flexibility index (Phi) is 7.82. The van der Waals surface area contributed by atoms with Crippen molar-refractivity contribution in [1.82, 2.24) is 14.1 Å². The van der Waals surface area contributed by atoms with Gasteiger partial charge in [-0.15, -0.1) is 11.3 Å². The molecule has 13 heteroatoms. The molecule has 38 heavy (non-hydrogen) atoms. The number of thiophene rings is 1. The van der Waals surface area contributed by atoms with E-state index < -0.39 is 15.9 Å². The van der Waals surface area contributed by atoms with Crippen LogP contribution in [-0.2, 0) is 37.3 Å². The molecule has 2 fully saturated rings. The van der Waals surface area contributed by atoms with Crippen molar-refractivity contribution in [2.24, 2.45) is 0 Å². The lowest BCUT2D eigenvalue weighted by Crippen LogP contribution is -2.41. The largest absolute Gasteiger partial charge is 0.379 e. The molecule has 3 aliphatic heterocycles. The van der Waals surface area contributed by atoms with Crippen LogP contribution in [0.4, 0.5) is 5.00 Å².